The number of nitrogens with one attached hydrogen (secondary N) is 1. The molecule has 0 aromatic rings. The minimum absolute atomic E-state index is 0.0991. The molecule has 1 aliphatic heterocycles. The Labute approximate surface area is 86.2 Å². The summed E-state index contributed by atoms with van der Waals surface area (Å²) in [6, 6.07) is 0. The average molecular weight is 199 g/mol. The van der Waals surface area contributed by atoms with E-state index in [2.05, 4.69) is 22.2 Å². The molecule has 1 rings (SSSR count). The van der Waals surface area contributed by atoms with Crippen LogP contribution in [0.3, 0.4) is 0 Å². The van der Waals surface area contributed by atoms with Gasteiger partial charge in [0.15, 0.2) is 0 Å². The normalized spacial score (nSPS) is 20.9. The lowest BCUT2D eigenvalue weighted by Gasteiger charge is -2.41. The zero-order valence-corrected chi connectivity index (χ0v) is 9.63. The molecule has 1 saturated heterocycles. The van der Waals surface area contributed by atoms with E-state index >= 15 is 0 Å². The standard InChI is InChI=1S/C10H21N3O/c1-10(2,9(14)11-3)13-7-5-12(4)6-8-13/h5-8H2,1-4H3,(H,11,14). The van der Waals surface area contributed by atoms with E-state index in [1.54, 1.807) is 7.05 Å². The van der Waals surface area contributed by atoms with Gasteiger partial charge >= 0.3 is 0 Å². The number of rotatable bonds is 2. The molecule has 1 aliphatic rings. The van der Waals surface area contributed by atoms with Crippen molar-refractivity contribution in [1.82, 2.24) is 15.1 Å². The Bertz CT molecular complexity index is 207. The Hall–Kier alpha value is -0.610. The number of carbonyl (C=O) groups is 1. The van der Waals surface area contributed by atoms with Gasteiger partial charge in [-0.1, -0.05) is 0 Å². The highest BCUT2D eigenvalue weighted by atomic mass is 16.2. The van der Waals surface area contributed by atoms with Gasteiger partial charge in [-0.2, -0.15) is 0 Å². The number of hydrogen-bond donors (Lipinski definition) is 1. The van der Waals surface area contributed by atoms with Crippen LogP contribution < -0.4 is 5.32 Å². The minimum atomic E-state index is -0.379. The van der Waals surface area contributed by atoms with Crippen LogP contribution in [-0.4, -0.2) is 61.5 Å². The molecule has 1 heterocycles. The van der Waals surface area contributed by atoms with Crippen molar-refractivity contribution in [3.63, 3.8) is 0 Å². The zero-order chi connectivity index (χ0) is 10.8. The maximum absolute atomic E-state index is 11.6. The van der Waals surface area contributed by atoms with Gasteiger partial charge < -0.3 is 10.2 Å². The van der Waals surface area contributed by atoms with Crippen molar-refractivity contribution in [1.29, 1.82) is 0 Å². The molecule has 0 unspecified atom stereocenters. The molecule has 4 nitrogen and oxygen atoms in total. The molecular formula is C10H21N3O. The zero-order valence-electron chi connectivity index (χ0n) is 9.63. The van der Waals surface area contributed by atoms with Crippen molar-refractivity contribution in [2.45, 2.75) is 19.4 Å². The fourth-order valence-corrected chi connectivity index (χ4v) is 1.81. The molecule has 1 fully saturated rings. The third-order valence-electron chi connectivity index (χ3n) is 3.08. The Morgan fingerprint density at radius 1 is 1.21 bits per heavy atom. The number of nitrogens with zero attached hydrogens (tertiary/aromatic N) is 2. The quantitative estimate of drug-likeness (QED) is 0.666. The molecule has 0 bridgehead atoms. The van der Waals surface area contributed by atoms with E-state index in [-0.39, 0.29) is 11.4 Å². The number of likely N-dealkylation sites (N-methyl/N-ethyl adjacent to an activating group) is 2. The first-order valence-corrected chi connectivity index (χ1v) is 5.14. The van der Waals surface area contributed by atoms with Gasteiger partial charge in [-0.25, -0.2) is 0 Å². The van der Waals surface area contributed by atoms with Gasteiger partial charge in [-0.3, -0.25) is 9.69 Å². The monoisotopic (exact) mass is 199 g/mol. The molecule has 4 heteroatoms. The summed E-state index contributed by atoms with van der Waals surface area (Å²) in [6.45, 7) is 7.99. The maximum atomic E-state index is 11.6. The second-order valence-corrected chi connectivity index (χ2v) is 4.43. The summed E-state index contributed by atoms with van der Waals surface area (Å²) in [5.41, 5.74) is -0.379. The van der Waals surface area contributed by atoms with Crippen LogP contribution in [-0.2, 0) is 4.79 Å². The van der Waals surface area contributed by atoms with Gasteiger partial charge in [0.1, 0.15) is 0 Å². The molecule has 0 atom stereocenters. The lowest BCUT2D eigenvalue weighted by atomic mass is 10.0. The summed E-state index contributed by atoms with van der Waals surface area (Å²) in [5.74, 6) is 0.0991. The van der Waals surface area contributed by atoms with Gasteiger partial charge in [0.05, 0.1) is 5.54 Å². The summed E-state index contributed by atoms with van der Waals surface area (Å²) < 4.78 is 0. The number of amides is 1. The molecule has 0 spiro atoms. The van der Waals surface area contributed by atoms with Crippen molar-refractivity contribution in [2.24, 2.45) is 0 Å². The molecular weight excluding hydrogens is 178 g/mol. The summed E-state index contributed by atoms with van der Waals surface area (Å²) in [7, 11) is 3.81. The summed E-state index contributed by atoms with van der Waals surface area (Å²) >= 11 is 0. The highest BCUT2D eigenvalue weighted by molar-refractivity contribution is 5.85. The van der Waals surface area contributed by atoms with E-state index in [4.69, 9.17) is 0 Å². The summed E-state index contributed by atoms with van der Waals surface area (Å²) in [4.78, 5) is 16.2. The highest BCUT2D eigenvalue weighted by Crippen LogP contribution is 2.16. The van der Waals surface area contributed by atoms with Gasteiger partial charge in [-0.15, -0.1) is 0 Å². The topological polar surface area (TPSA) is 35.6 Å². The summed E-state index contributed by atoms with van der Waals surface area (Å²) in [5, 5.41) is 2.72. The molecule has 0 aromatic carbocycles. The van der Waals surface area contributed by atoms with Crippen LogP contribution >= 0.6 is 0 Å². The first-order chi connectivity index (χ1) is 6.48. The Morgan fingerprint density at radius 2 is 1.71 bits per heavy atom. The molecule has 0 aromatic heterocycles. The molecule has 0 aliphatic carbocycles. The number of piperazine rings is 1. The molecule has 1 amide bonds. The predicted molar refractivity (Wildman–Crippen MR) is 57.2 cm³/mol. The van der Waals surface area contributed by atoms with E-state index in [1.807, 2.05) is 13.8 Å². The fourth-order valence-electron chi connectivity index (χ4n) is 1.81. The van der Waals surface area contributed by atoms with E-state index < -0.39 is 0 Å². The largest absolute Gasteiger partial charge is 0.358 e. The minimum Gasteiger partial charge on any atom is -0.358 e. The Kier molecular flexibility index (Phi) is 3.50. The highest BCUT2D eigenvalue weighted by Gasteiger charge is 2.34. The predicted octanol–water partition coefficient (Wildman–Crippen LogP) is -0.242. The van der Waals surface area contributed by atoms with E-state index in [0.717, 1.165) is 26.2 Å². The van der Waals surface area contributed by atoms with Crippen molar-refractivity contribution >= 4 is 5.91 Å². The third-order valence-corrected chi connectivity index (χ3v) is 3.08. The average Bonchev–Trinajstić information content (AvgIpc) is 2.17. The van der Waals surface area contributed by atoms with Crippen molar-refractivity contribution < 1.29 is 4.79 Å². The fraction of sp³-hybridized carbons (Fsp3) is 0.900. The van der Waals surface area contributed by atoms with Gasteiger partial charge in [-0.05, 0) is 20.9 Å². The van der Waals surface area contributed by atoms with Crippen LogP contribution in [0.15, 0.2) is 0 Å². The van der Waals surface area contributed by atoms with E-state index in [1.165, 1.54) is 0 Å². The lowest BCUT2D eigenvalue weighted by molar-refractivity contribution is -0.132. The maximum Gasteiger partial charge on any atom is 0.239 e. The SMILES string of the molecule is CNC(=O)C(C)(C)N1CCN(C)CC1. The van der Waals surface area contributed by atoms with E-state index in [0.29, 0.717) is 0 Å². The molecule has 0 radical (unpaired) electrons. The second-order valence-electron chi connectivity index (χ2n) is 4.43. The molecule has 1 N–H and O–H groups in total. The summed E-state index contributed by atoms with van der Waals surface area (Å²) in [6.07, 6.45) is 0. The first kappa shape index (κ1) is 11.5. The van der Waals surface area contributed by atoms with Crippen LogP contribution in [0.1, 0.15) is 13.8 Å². The van der Waals surface area contributed by atoms with Crippen molar-refractivity contribution in [3.8, 4) is 0 Å². The Balaban J connectivity index is 2.59. The van der Waals surface area contributed by atoms with Gasteiger partial charge in [0.25, 0.3) is 0 Å². The Morgan fingerprint density at radius 3 is 2.14 bits per heavy atom. The van der Waals surface area contributed by atoms with Crippen LogP contribution in [0.25, 0.3) is 0 Å². The first-order valence-electron chi connectivity index (χ1n) is 5.14. The molecule has 82 valence electrons. The van der Waals surface area contributed by atoms with Crippen molar-refractivity contribution in [2.75, 3.05) is 40.3 Å². The van der Waals surface area contributed by atoms with Crippen molar-refractivity contribution in [3.05, 3.63) is 0 Å². The molecule has 0 saturated carbocycles. The van der Waals surface area contributed by atoms with Crippen LogP contribution in [0, 0.1) is 0 Å². The third kappa shape index (κ3) is 2.25. The van der Waals surface area contributed by atoms with Crippen LogP contribution in [0.4, 0.5) is 0 Å². The van der Waals surface area contributed by atoms with Gasteiger partial charge in [0.2, 0.25) is 5.91 Å². The van der Waals surface area contributed by atoms with Crippen LogP contribution in [0.5, 0.6) is 0 Å². The van der Waals surface area contributed by atoms with Crippen LogP contribution in [0.2, 0.25) is 0 Å². The smallest absolute Gasteiger partial charge is 0.239 e. The number of hydrogen-bond acceptors (Lipinski definition) is 3. The molecule has 14 heavy (non-hydrogen) atoms. The van der Waals surface area contributed by atoms with Gasteiger partial charge in [0, 0.05) is 33.2 Å². The lowest BCUT2D eigenvalue weighted by Crippen LogP contribution is -2.59. The van der Waals surface area contributed by atoms with E-state index in [9.17, 15) is 4.79 Å². The number of carbonyl (C=O) groups excluding carboxylic acids is 1. The second kappa shape index (κ2) is 4.28.